The highest BCUT2D eigenvalue weighted by molar-refractivity contribution is 7.18. The van der Waals surface area contributed by atoms with Crippen LogP contribution in [0.25, 0.3) is 21.3 Å². The second-order valence-corrected chi connectivity index (χ2v) is 6.96. The van der Waals surface area contributed by atoms with Crippen molar-refractivity contribution in [3.8, 4) is 11.1 Å². The number of amides is 1. The van der Waals surface area contributed by atoms with E-state index < -0.39 is 5.91 Å². The Hall–Kier alpha value is -3.09. The van der Waals surface area contributed by atoms with E-state index in [9.17, 15) is 4.79 Å². The van der Waals surface area contributed by atoms with Crippen molar-refractivity contribution in [2.24, 2.45) is 0 Å². The first-order valence-corrected chi connectivity index (χ1v) is 8.88. The predicted octanol–water partition coefficient (Wildman–Crippen LogP) is 4.07. The summed E-state index contributed by atoms with van der Waals surface area (Å²) in [6, 6.07) is 17.6. The van der Waals surface area contributed by atoms with Crippen molar-refractivity contribution in [3.05, 3.63) is 83.1 Å². The molecule has 5 nitrogen and oxygen atoms in total. The van der Waals surface area contributed by atoms with Gasteiger partial charge in [0.1, 0.15) is 0 Å². The first-order valence-electron chi connectivity index (χ1n) is 8.06. The van der Waals surface area contributed by atoms with Gasteiger partial charge in [-0.25, -0.2) is 10.5 Å². The van der Waals surface area contributed by atoms with E-state index in [4.69, 9.17) is 5.21 Å². The first-order chi connectivity index (χ1) is 12.7. The molecule has 0 radical (unpaired) electrons. The van der Waals surface area contributed by atoms with Crippen LogP contribution in [0.1, 0.15) is 20.9 Å². The summed E-state index contributed by atoms with van der Waals surface area (Å²) in [5.74, 6) is -0.534. The molecule has 0 unspecified atom stereocenters. The quantitative estimate of drug-likeness (QED) is 0.424. The molecule has 4 rings (SSSR count). The summed E-state index contributed by atoms with van der Waals surface area (Å²) >= 11 is 1.61. The van der Waals surface area contributed by atoms with Gasteiger partial charge in [0.15, 0.2) is 0 Å². The molecule has 2 aromatic carbocycles. The van der Waals surface area contributed by atoms with Gasteiger partial charge < -0.3 is 0 Å². The lowest BCUT2D eigenvalue weighted by molar-refractivity contribution is 0.0706. The highest BCUT2D eigenvalue weighted by Gasteiger charge is 2.09. The summed E-state index contributed by atoms with van der Waals surface area (Å²) < 4.78 is 1.02. The minimum Gasteiger partial charge on any atom is -0.288 e. The number of pyridine rings is 1. The van der Waals surface area contributed by atoms with E-state index in [-0.39, 0.29) is 0 Å². The van der Waals surface area contributed by atoms with Crippen LogP contribution in [0.3, 0.4) is 0 Å². The fourth-order valence-electron chi connectivity index (χ4n) is 2.79. The Kier molecular flexibility index (Phi) is 4.43. The molecule has 2 heterocycles. The topological polar surface area (TPSA) is 75.1 Å². The van der Waals surface area contributed by atoms with Crippen LogP contribution in [0.4, 0.5) is 0 Å². The minimum absolute atomic E-state index is 0.388. The highest BCUT2D eigenvalue weighted by Crippen LogP contribution is 2.26. The smallest absolute Gasteiger partial charge is 0.274 e. The summed E-state index contributed by atoms with van der Waals surface area (Å²) in [4.78, 5) is 20.2. The third-order valence-corrected chi connectivity index (χ3v) is 5.15. The van der Waals surface area contributed by atoms with E-state index in [0.717, 1.165) is 32.8 Å². The highest BCUT2D eigenvalue weighted by atomic mass is 32.1. The molecule has 1 amide bonds. The average molecular weight is 361 g/mol. The summed E-state index contributed by atoms with van der Waals surface area (Å²) in [6.45, 7) is 0. The number of benzene rings is 2. The Labute approximate surface area is 153 Å². The van der Waals surface area contributed by atoms with Crippen molar-refractivity contribution in [1.82, 2.24) is 15.4 Å². The summed E-state index contributed by atoms with van der Waals surface area (Å²) in [7, 11) is 0. The molecule has 6 heteroatoms. The molecule has 0 saturated carbocycles. The molecule has 0 bridgehead atoms. The molecular weight excluding hydrogens is 346 g/mol. The van der Waals surface area contributed by atoms with E-state index in [1.165, 1.54) is 5.56 Å². The lowest BCUT2D eigenvalue weighted by Crippen LogP contribution is -2.18. The van der Waals surface area contributed by atoms with Crippen molar-refractivity contribution >= 4 is 27.5 Å². The number of aromatic nitrogens is 2. The zero-order chi connectivity index (χ0) is 17.9. The molecule has 0 saturated heterocycles. The van der Waals surface area contributed by atoms with Gasteiger partial charge in [-0.3, -0.25) is 15.0 Å². The Balaban J connectivity index is 1.56. The fraction of sp³-hybridized carbons (Fsp3) is 0.0500. The predicted molar refractivity (Wildman–Crippen MR) is 101 cm³/mol. The Morgan fingerprint density at radius 2 is 1.73 bits per heavy atom. The number of nitrogens with zero attached hydrogens (tertiary/aromatic N) is 2. The van der Waals surface area contributed by atoms with Crippen LogP contribution in [0.15, 0.2) is 67.0 Å². The average Bonchev–Trinajstić information content (AvgIpc) is 3.10. The largest absolute Gasteiger partial charge is 0.288 e. The monoisotopic (exact) mass is 361 g/mol. The maximum absolute atomic E-state index is 11.5. The number of nitrogens with one attached hydrogen (secondary N) is 1. The van der Waals surface area contributed by atoms with Crippen LogP contribution in [0.5, 0.6) is 0 Å². The van der Waals surface area contributed by atoms with Gasteiger partial charge in [-0.2, -0.15) is 0 Å². The lowest BCUT2D eigenvalue weighted by atomic mass is 10.0. The molecule has 0 spiro atoms. The fourth-order valence-corrected chi connectivity index (χ4v) is 3.77. The second kappa shape index (κ2) is 7.03. The number of hydrogen-bond donors (Lipinski definition) is 2. The van der Waals surface area contributed by atoms with E-state index in [2.05, 4.69) is 34.2 Å². The molecule has 2 aromatic heterocycles. The molecule has 2 N–H and O–H groups in total. The molecule has 26 heavy (non-hydrogen) atoms. The number of fused-ring (bicyclic) bond motifs is 1. The molecule has 128 valence electrons. The van der Waals surface area contributed by atoms with E-state index in [1.54, 1.807) is 41.3 Å². The van der Waals surface area contributed by atoms with Gasteiger partial charge in [0.05, 0.1) is 15.2 Å². The van der Waals surface area contributed by atoms with E-state index in [1.807, 2.05) is 18.2 Å². The maximum Gasteiger partial charge on any atom is 0.274 e. The van der Waals surface area contributed by atoms with Crippen LogP contribution >= 0.6 is 11.3 Å². The van der Waals surface area contributed by atoms with Crippen LogP contribution < -0.4 is 5.48 Å². The first kappa shape index (κ1) is 16.4. The summed E-state index contributed by atoms with van der Waals surface area (Å²) in [6.07, 6.45) is 4.31. The minimum atomic E-state index is -0.534. The molecule has 0 aliphatic carbocycles. The van der Waals surface area contributed by atoms with Crippen molar-refractivity contribution in [2.45, 2.75) is 6.42 Å². The van der Waals surface area contributed by atoms with Crippen LogP contribution in [0.2, 0.25) is 0 Å². The molecule has 4 aromatic rings. The van der Waals surface area contributed by atoms with Crippen molar-refractivity contribution in [2.75, 3.05) is 0 Å². The number of hydroxylamine groups is 1. The normalized spacial score (nSPS) is 10.8. The maximum atomic E-state index is 11.5. The number of carbonyl (C=O) groups excluding carboxylic acids is 1. The SMILES string of the molecule is O=C(NO)c1ccc2sc(Cc3ccc(-c4ccncc4)cc3)nc2c1. The van der Waals surface area contributed by atoms with Gasteiger partial charge in [-0.15, -0.1) is 11.3 Å². The Bertz CT molecular complexity index is 1060. The van der Waals surface area contributed by atoms with Crippen molar-refractivity contribution in [1.29, 1.82) is 0 Å². The number of thiazole rings is 1. The number of rotatable bonds is 4. The molecule has 0 atom stereocenters. The third-order valence-electron chi connectivity index (χ3n) is 4.12. The lowest BCUT2D eigenvalue weighted by Gasteiger charge is -2.03. The van der Waals surface area contributed by atoms with E-state index in [0.29, 0.717) is 5.56 Å². The van der Waals surface area contributed by atoms with Crippen LogP contribution in [-0.4, -0.2) is 21.1 Å². The molecular formula is C20H15N3O2S. The van der Waals surface area contributed by atoms with Gasteiger partial charge in [0.2, 0.25) is 0 Å². The van der Waals surface area contributed by atoms with Crippen molar-refractivity contribution in [3.63, 3.8) is 0 Å². The van der Waals surface area contributed by atoms with Gasteiger partial charge in [0, 0.05) is 24.4 Å². The van der Waals surface area contributed by atoms with Crippen LogP contribution in [0, 0.1) is 0 Å². The van der Waals surface area contributed by atoms with Crippen LogP contribution in [-0.2, 0) is 6.42 Å². The summed E-state index contributed by atoms with van der Waals surface area (Å²) in [5.41, 5.74) is 6.26. The molecule has 0 aliphatic heterocycles. The van der Waals surface area contributed by atoms with E-state index >= 15 is 0 Å². The molecule has 0 fully saturated rings. The number of hydrogen-bond acceptors (Lipinski definition) is 5. The zero-order valence-corrected chi connectivity index (χ0v) is 14.5. The van der Waals surface area contributed by atoms with Gasteiger partial charge in [-0.05, 0) is 47.0 Å². The third kappa shape index (κ3) is 3.33. The van der Waals surface area contributed by atoms with Gasteiger partial charge in [0.25, 0.3) is 5.91 Å². The van der Waals surface area contributed by atoms with Crippen molar-refractivity contribution < 1.29 is 10.0 Å². The second-order valence-electron chi connectivity index (χ2n) is 5.84. The summed E-state index contributed by atoms with van der Waals surface area (Å²) in [5, 5.41) is 9.73. The molecule has 0 aliphatic rings. The Morgan fingerprint density at radius 3 is 2.46 bits per heavy atom. The van der Waals surface area contributed by atoms with Gasteiger partial charge >= 0.3 is 0 Å². The standard InChI is InChI=1S/C20H15N3O2S/c24-20(23-25)16-5-6-18-17(12-16)22-19(26-18)11-13-1-3-14(4-2-13)15-7-9-21-10-8-15/h1-10,12,25H,11H2,(H,23,24). The zero-order valence-electron chi connectivity index (χ0n) is 13.7. The Morgan fingerprint density at radius 1 is 1.00 bits per heavy atom. The number of carbonyl (C=O) groups is 1. The van der Waals surface area contributed by atoms with Gasteiger partial charge in [-0.1, -0.05) is 24.3 Å².